The Balaban J connectivity index is 1.97. The van der Waals surface area contributed by atoms with E-state index in [1.807, 2.05) is 4.68 Å². The molecule has 0 unspecified atom stereocenters. The van der Waals surface area contributed by atoms with Gasteiger partial charge >= 0.3 is 0 Å². The monoisotopic (exact) mass is 317 g/mol. The van der Waals surface area contributed by atoms with Crippen molar-refractivity contribution in [1.29, 1.82) is 0 Å². The number of hydrogen-bond donors (Lipinski definition) is 2. The summed E-state index contributed by atoms with van der Waals surface area (Å²) in [5.41, 5.74) is 8.58. The number of hydrogen-bond acceptors (Lipinski definition) is 5. The zero-order chi connectivity index (χ0) is 15.3. The van der Waals surface area contributed by atoms with E-state index in [0.717, 1.165) is 12.2 Å². The number of pyridine rings is 1. The van der Waals surface area contributed by atoms with Gasteiger partial charge < -0.3 is 11.1 Å². The lowest BCUT2D eigenvalue weighted by Crippen LogP contribution is -2.30. The number of nitrogens with one attached hydrogen (secondary N) is 1. The quantitative estimate of drug-likeness (QED) is 0.714. The molecule has 0 saturated heterocycles. The number of nitrogens with two attached hydrogens (primary N) is 1. The van der Waals surface area contributed by atoms with Crippen molar-refractivity contribution in [2.24, 2.45) is 5.73 Å². The van der Waals surface area contributed by atoms with Crippen LogP contribution in [0.2, 0.25) is 5.02 Å². The minimum Gasteiger partial charge on any atom is -0.365 e. The highest BCUT2D eigenvalue weighted by Gasteiger charge is 2.25. The maximum atomic E-state index is 11.9. The highest BCUT2D eigenvalue weighted by atomic mass is 35.5. The molecule has 0 radical (unpaired) electrons. The fraction of sp³-hybridized carbons (Fsp3) is 0.231. The Morgan fingerprint density at radius 3 is 3.14 bits per heavy atom. The van der Waals surface area contributed by atoms with Crippen molar-refractivity contribution in [3.05, 3.63) is 34.9 Å². The van der Waals surface area contributed by atoms with E-state index in [4.69, 9.17) is 17.3 Å². The van der Waals surface area contributed by atoms with Crippen LogP contribution in [0.5, 0.6) is 0 Å². The minimum atomic E-state index is -0.500. The summed E-state index contributed by atoms with van der Waals surface area (Å²) in [7, 11) is 0. The average Bonchev–Trinajstić information content (AvgIpc) is 3.11. The first kappa shape index (κ1) is 13.2. The summed E-state index contributed by atoms with van der Waals surface area (Å²) in [6.07, 6.45) is 3.33. The van der Waals surface area contributed by atoms with Crippen LogP contribution in [-0.4, -0.2) is 36.8 Å². The summed E-state index contributed by atoms with van der Waals surface area (Å²) in [6.45, 7) is 2.06. The Hall–Kier alpha value is -2.45. The molecule has 0 aliphatic carbocycles. The van der Waals surface area contributed by atoms with Crippen LogP contribution in [0, 0.1) is 0 Å². The van der Waals surface area contributed by atoms with Crippen LogP contribution in [0.4, 0.5) is 0 Å². The van der Waals surface area contributed by atoms with Crippen molar-refractivity contribution >= 4 is 23.2 Å². The standard InChI is InChI=1S/C13H12ClN7O/c14-8-3-7(5-20-6-17-18-13(8)20)11-10(12(15)22)9-4-16-1-2-21(9)19-11/h3,5-6,16H,1-2,4H2,(H2,15,22). The van der Waals surface area contributed by atoms with Crippen LogP contribution < -0.4 is 11.1 Å². The molecule has 0 fully saturated rings. The smallest absolute Gasteiger partial charge is 0.252 e. The van der Waals surface area contributed by atoms with Gasteiger partial charge in [0.15, 0.2) is 5.65 Å². The van der Waals surface area contributed by atoms with Gasteiger partial charge in [0.1, 0.15) is 12.0 Å². The molecule has 4 heterocycles. The largest absolute Gasteiger partial charge is 0.365 e. The molecule has 3 aromatic rings. The van der Waals surface area contributed by atoms with Gasteiger partial charge in [-0.3, -0.25) is 13.9 Å². The fourth-order valence-corrected chi connectivity index (χ4v) is 2.99. The second kappa shape index (κ2) is 4.79. The van der Waals surface area contributed by atoms with E-state index < -0.39 is 5.91 Å². The highest BCUT2D eigenvalue weighted by molar-refractivity contribution is 6.33. The third-order valence-corrected chi connectivity index (χ3v) is 4.00. The molecule has 0 saturated carbocycles. The van der Waals surface area contributed by atoms with Crippen molar-refractivity contribution in [3.63, 3.8) is 0 Å². The molecule has 0 spiro atoms. The van der Waals surface area contributed by atoms with Crippen LogP contribution in [0.1, 0.15) is 16.1 Å². The third kappa shape index (κ3) is 1.88. The van der Waals surface area contributed by atoms with Crippen molar-refractivity contribution in [1.82, 2.24) is 29.7 Å². The molecule has 4 rings (SSSR count). The lowest BCUT2D eigenvalue weighted by atomic mass is 10.1. The van der Waals surface area contributed by atoms with Crippen molar-refractivity contribution in [2.75, 3.05) is 6.54 Å². The SMILES string of the molecule is NC(=O)c1c(-c2cc(Cl)c3nncn3c2)nn2c1CNCC2. The van der Waals surface area contributed by atoms with Crippen LogP contribution in [0.25, 0.3) is 16.9 Å². The van der Waals surface area contributed by atoms with Crippen molar-refractivity contribution in [2.45, 2.75) is 13.1 Å². The van der Waals surface area contributed by atoms with E-state index in [0.29, 0.717) is 40.6 Å². The van der Waals surface area contributed by atoms with E-state index in [1.165, 1.54) is 0 Å². The molecule has 22 heavy (non-hydrogen) atoms. The van der Waals surface area contributed by atoms with Gasteiger partial charge in [-0.15, -0.1) is 10.2 Å². The van der Waals surface area contributed by atoms with Crippen molar-refractivity contribution in [3.8, 4) is 11.3 Å². The van der Waals surface area contributed by atoms with Gasteiger partial charge in [-0.2, -0.15) is 5.10 Å². The number of carbonyl (C=O) groups excluding carboxylic acids is 1. The highest BCUT2D eigenvalue weighted by Crippen LogP contribution is 2.29. The number of nitrogens with zero attached hydrogens (tertiary/aromatic N) is 5. The van der Waals surface area contributed by atoms with Gasteiger partial charge in [0.2, 0.25) is 0 Å². The Bertz CT molecular complexity index is 897. The Kier molecular flexibility index (Phi) is 2.88. The van der Waals surface area contributed by atoms with Crippen LogP contribution in [-0.2, 0) is 13.1 Å². The Morgan fingerprint density at radius 1 is 1.45 bits per heavy atom. The molecule has 1 amide bonds. The van der Waals surface area contributed by atoms with Gasteiger partial charge in [0.25, 0.3) is 5.91 Å². The predicted molar refractivity (Wildman–Crippen MR) is 79.4 cm³/mol. The van der Waals surface area contributed by atoms with E-state index in [2.05, 4.69) is 20.6 Å². The molecule has 1 aliphatic rings. The van der Waals surface area contributed by atoms with Gasteiger partial charge in [-0.25, -0.2) is 0 Å². The number of rotatable bonds is 2. The molecule has 3 N–H and O–H groups in total. The molecule has 8 nitrogen and oxygen atoms in total. The van der Waals surface area contributed by atoms with E-state index in [-0.39, 0.29) is 0 Å². The first-order valence-electron chi connectivity index (χ1n) is 6.74. The van der Waals surface area contributed by atoms with Crippen molar-refractivity contribution < 1.29 is 4.79 Å². The second-order valence-electron chi connectivity index (χ2n) is 5.07. The first-order chi connectivity index (χ1) is 10.6. The van der Waals surface area contributed by atoms with Gasteiger partial charge in [0, 0.05) is 24.8 Å². The van der Waals surface area contributed by atoms with Crippen LogP contribution in [0.3, 0.4) is 0 Å². The summed E-state index contributed by atoms with van der Waals surface area (Å²) in [5, 5.41) is 15.9. The topological polar surface area (TPSA) is 103 Å². The number of fused-ring (bicyclic) bond motifs is 2. The molecular formula is C13H12ClN7O. The molecular weight excluding hydrogens is 306 g/mol. The van der Waals surface area contributed by atoms with E-state index >= 15 is 0 Å². The number of halogens is 1. The Morgan fingerprint density at radius 2 is 2.32 bits per heavy atom. The zero-order valence-electron chi connectivity index (χ0n) is 11.5. The lowest BCUT2D eigenvalue weighted by molar-refractivity contribution is 0.0999. The van der Waals surface area contributed by atoms with Gasteiger partial charge in [-0.1, -0.05) is 11.6 Å². The number of aromatic nitrogens is 5. The summed E-state index contributed by atoms with van der Waals surface area (Å²) in [6, 6.07) is 1.72. The summed E-state index contributed by atoms with van der Waals surface area (Å²) in [4.78, 5) is 11.9. The number of primary amides is 1. The molecule has 0 aromatic carbocycles. The van der Waals surface area contributed by atoms with E-state index in [1.54, 1.807) is 23.0 Å². The second-order valence-corrected chi connectivity index (χ2v) is 5.48. The molecule has 112 valence electrons. The zero-order valence-corrected chi connectivity index (χ0v) is 12.2. The minimum absolute atomic E-state index is 0.427. The maximum absolute atomic E-state index is 11.9. The maximum Gasteiger partial charge on any atom is 0.252 e. The summed E-state index contributed by atoms with van der Waals surface area (Å²) < 4.78 is 3.51. The molecule has 9 heteroatoms. The summed E-state index contributed by atoms with van der Waals surface area (Å²) >= 11 is 6.23. The van der Waals surface area contributed by atoms with Crippen LogP contribution in [0.15, 0.2) is 18.6 Å². The first-order valence-corrected chi connectivity index (χ1v) is 7.12. The summed E-state index contributed by atoms with van der Waals surface area (Å²) in [5.74, 6) is -0.500. The lowest BCUT2D eigenvalue weighted by Gasteiger charge is -2.15. The van der Waals surface area contributed by atoms with Gasteiger partial charge in [0.05, 0.1) is 22.8 Å². The van der Waals surface area contributed by atoms with Crippen LogP contribution >= 0.6 is 11.6 Å². The number of carbonyl (C=O) groups is 1. The molecule has 3 aromatic heterocycles. The van der Waals surface area contributed by atoms with Gasteiger partial charge in [-0.05, 0) is 6.07 Å². The third-order valence-electron chi connectivity index (χ3n) is 3.72. The fourth-order valence-electron chi connectivity index (χ4n) is 2.74. The number of amides is 1. The molecule has 0 bridgehead atoms. The molecule has 1 aliphatic heterocycles. The normalized spacial score (nSPS) is 14.2. The van der Waals surface area contributed by atoms with E-state index in [9.17, 15) is 4.79 Å². The Labute approximate surface area is 129 Å². The molecule has 0 atom stereocenters. The average molecular weight is 318 g/mol. The predicted octanol–water partition coefficient (Wildman–Crippen LogP) is 0.448.